The highest BCUT2D eigenvalue weighted by atomic mass is 32.2. The van der Waals surface area contributed by atoms with Crippen LogP contribution in [0, 0.1) is 0 Å². The predicted octanol–water partition coefficient (Wildman–Crippen LogP) is 3.01. The molecule has 0 radical (unpaired) electrons. The molecule has 0 aromatic carbocycles. The number of hydrogen-bond donors (Lipinski definition) is 1. The van der Waals surface area contributed by atoms with E-state index in [0.29, 0.717) is 18.7 Å². The van der Waals surface area contributed by atoms with Gasteiger partial charge in [-0.3, -0.25) is 9.48 Å². The molecular weight excluding hydrogens is 402 g/mol. The predicted molar refractivity (Wildman–Crippen MR) is 108 cm³/mol. The lowest BCUT2D eigenvalue weighted by molar-refractivity contribution is 0.0948. The van der Waals surface area contributed by atoms with E-state index in [2.05, 4.69) is 10.4 Å². The van der Waals surface area contributed by atoms with Gasteiger partial charge in [-0.15, -0.1) is 22.7 Å². The number of thiophene rings is 2. The summed E-state index contributed by atoms with van der Waals surface area (Å²) in [6.45, 7) is 0.540. The molecule has 1 amide bonds. The van der Waals surface area contributed by atoms with Crippen molar-refractivity contribution in [2.75, 3.05) is 18.1 Å². The van der Waals surface area contributed by atoms with Gasteiger partial charge in [-0.1, -0.05) is 12.1 Å². The van der Waals surface area contributed by atoms with Gasteiger partial charge in [0.25, 0.3) is 5.91 Å². The van der Waals surface area contributed by atoms with Gasteiger partial charge in [0.15, 0.2) is 15.5 Å². The summed E-state index contributed by atoms with van der Waals surface area (Å²) in [5, 5.41) is 11.4. The van der Waals surface area contributed by atoms with E-state index < -0.39 is 9.84 Å². The highest BCUT2D eigenvalue weighted by molar-refractivity contribution is 7.91. The minimum atomic E-state index is -3.04. The Labute approximate surface area is 165 Å². The van der Waals surface area contributed by atoms with E-state index in [-0.39, 0.29) is 23.5 Å². The average molecular weight is 422 g/mol. The first-order valence-corrected chi connectivity index (χ1v) is 12.2. The van der Waals surface area contributed by atoms with Crippen LogP contribution in [0.5, 0.6) is 0 Å². The molecule has 4 rings (SSSR count). The van der Waals surface area contributed by atoms with Gasteiger partial charge in [0.2, 0.25) is 0 Å². The molecule has 4 heterocycles. The fourth-order valence-corrected chi connectivity index (χ4v) is 6.34. The number of nitrogens with zero attached hydrogens (tertiary/aromatic N) is 2. The Morgan fingerprint density at radius 3 is 2.74 bits per heavy atom. The van der Waals surface area contributed by atoms with Gasteiger partial charge in [-0.2, -0.15) is 5.10 Å². The molecular formula is C18H19N3O3S3. The molecule has 3 aromatic heterocycles. The number of rotatable bonds is 6. The molecule has 1 aliphatic heterocycles. The largest absolute Gasteiger partial charge is 0.350 e. The summed E-state index contributed by atoms with van der Waals surface area (Å²) < 4.78 is 25.5. The summed E-state index contributed by atoms with van der Waals surface area (Å²) in [6.07, 6.45) is 1.31. The summed E-state index contributed by atoms with van der Waals surface area (Å²) in [7, 11) is -3.04. The van der Waals surface area contributed by atoms with Crippen LogP contribution in [-0.4, -0.2) is 42.2 Å². The van der Waals surface area contributed by atoms with Crippen LogP contribution in [0.2, 0.25) is 0 Å². The number of hydrogen-bond acceptors (Lipinski definition) is 6. The number of amides is 1. The van der Waals surface area contributed by atoms with Gasteiger partial charge < -0.3 is 5.32 Å². The molecule has 1 aliphatic rings. The van der Waals surface area contributed by atoms with E-state index in [9.17, 15) is 13.2 Å². The number of aromatic nitrogens is 2. The van der Waals surface area contributed by atoms with E-state index in [1.54, 1.807) is 33.4 Å². The number of carbonyl (C=O) groups is 1. The van der Waals surface area contributed by atoms with E-state index in [1.165, 1.54) is 4.88 Å². The maximum absolute atomic E-state index is 12.6. The molecule has 142 valence electrons. The van der Waals surface area contributed by atoms with Crippen molar-refractivity contribution in [3.63, 3.8) is 0 Å². The summed E-state index contributed by atoms with van der Waals surface area (Å²) in [4.78, 5) is 14.7. The third kappa shape index (κ3) is 4.15. The molecule has 1 saturated heterocycles. The highest BCUT2D eigenvalue weighted by Gasteiger charge is 2.32. The molecule has 0 aliphatic carbocycles. The zero-order chi connectivity index (χ0) is 18.9. The van der Waals surface area contributed by atoms with Crippen molar-refractivity contribution in [3.8, 4) is 10.6 Å². The lowest BCUT2D eigenvalue weighted by Crippen LogP contribution is -2.26. The van der Waals surface area contributed by atoms with Crippen molar-refractivity contribution in [1.82, 2.24) is 15.1 Å². The Balaban J connectivity index is 1.54. The molecule has 1 unspecified atom stereocenters. The summed E-state index contributed by atoms with van der Waals surface area (Å²) in [5.41, 5.74) is 1.13. The third-order valence-corrected chi connectivity index (χ3v) is 8.11. The highest BCUT2D eigenvalue weighted by Crippen LogP contribution is 2.32. The zero-order valence-electron chi connectivity index (χ0n) is 14.5. The van der Waals surface area contributed by atoms with Gasteiger partial charge in [0.1, 0.15) is 0 Å². The molecule has 0 saturated carbocycles. The topological polar surface area (TPSA) is 81.1 Å². The fourth-order valence-electron chi connectivity index (χ4n) is 3.20. The van der Waals surface area contributed by atoms with Gasteiger partial charge >= 0.3 is 0 Å². The lowest BCUT2D eigenvalue weighted by atomic mass is 10.2. The van der Waals surface area contributed by atoms with Crippen molar-refractivity contribution >= 4 is 38.4 Å². The van der Waals surface area contributed by atoms with Gasteiger partial charge in [-0.05, 0) is 41.8 Å². The Morgan fingerprint density at radius 1 is 1.26 bits per heavy atom. The van der Waals surface area contributed by atoms with Crippen LogP contribution in [0.25, 0.3) is 10.6 Å². The second-order valence-corrected chi connectivity index (χ2v) is 10.7. The summed E-state index contributed by atoms with van der Waals surface area (Å²) in [6, 6.07) is 9.47. The quantitative estimate of drug-likeness (QED) is 0.663. The Hall–Kier alpha value is -1.97. The average Bonchev–Trinajstić information content (AvgIpc) is 3.41. The molecule has 1 fully saturated rings. The maximum atomic E-state index is 12.6. The normalized spacial score (nSPS) is 18.6. The van der Waals surface area contributed by atoms with E-state index in [0.717, 1.165) is 17.0 Å². The van der Waals surface area contributed by atoms with Crippen molar-refractivity contribution < 1.29 is 13.2 Å². The second kappa shape index (κ2) is 7.57. The lowest BCUT2D eigenvalue weighted by Gasteiger charge is -2.12. The van der Waals surface area contributed by atoms with Crippen LogP contribution in [0.4, 0.5) is 0 Å². The zero-order valence-corrected chi connectivity index (χ0v) is 16.9. The Bertz CT molecular complexity index is 1020. The van der Waals surface area contributed by atoms with Crippen molar-refractivity contribution in [3.05, 3.63) is 51.7 Å². The summed E-state index contributed by atoms with van der Waals surface area (Å²) in [5.74, 6) is 0.0138. The summed E-state index contributed by atoms with van der Waals surface area (Å²) >= 11 is 3.21. The van der Waals surface area contributed by atoms with Crippen LogP contribution in [0.15, 0.2) is 41.1 Å². The van der Waals surface area contributed by atoms with Crippen LogP contribution in [0.3, 0.4) is 0 Å². The molecule has 6 nitrogen and oxygen atoms in total. The first kappa shape index (κ1) is 18.4. The molecule has 27 heavy (non-hydrogen) atoms. The van der Waals surface area contributed by atoms with E-state index in [4.69, 9.17) is 0 Å². The molecule has 3 aromatic rings. The smallest absolute Gasteiger partial charge is 0.271 e. The van der Waals surface area contributed by atoms with Gasteiger partial charge in [0, 0.05) is 11.4 Å². The first-order chi connectivity index (χ1) is 13.0. The maximum Gasteiger partial charge on any atom is 0.271 e. The standard InChI is InChI=1S/C18H19N3O3S3/c22-18(19-7-5-14-3-1-8-25-14)15-11-16(17-4-2-9-26-17)21(20-15)13-6-10-27(23,24)12-13/h1-4,8-9,11,13H,5-7,10,12H2,(H,19,22). The number of nitrogens with one attached hydrogen (secondary N) is 1. The van der Waals surface area contributed by atoms with E-state index in [1.807, 2.05) is 35.0 Å². The monoisotopic (exact) mass is 421 g/mol. The minimum Gasteiger partial charge on any atom is -0.350 e. The molecule has 1 N–H and O–H groups in total. The molecule has 9 heteroatoms. The van der Waals surface area contributed by atoms with Crippen molar-refractivity contribution in [1.29, 1.82) is 0 Å². The molecule has 0 spiro atoms. The minimum absolute atomic E-state index is 0.0759. The second-order valence-electron chi connectivity index (χ2n) is 6.48. The van der Waals surface area contributed by atoms with Crippen molar-refractivity contribution in [2.24, 2.45) is 0 Å². The van der Waals surface area contributed by atoms with Crippen LogP contribution >= 0.6 is 22.7 Å². The van der Waals surface area contributed by atoms with Crippen LogP contribution in [-0.2, 0) is 16.3 Å². The van der Waals surface area contributed by atoms with Gasteiger partial charge in [-0.25, -0.2) is 8.42 Å². The third-order valence-electron chi connectivity index (χ3n) is 4.53. The Morgan fingerprint density at radius 2 is 2.07 bits per heavy atom. The SMILES string of the molecule is O=C(NCCc1cccs1)c1cc(-c2cccs2)n(C2CCS(=O)(=O)C2)n1. The number of sulfone groups is 1. The van der Waals surface area contributed by atoms with Crippen molar-refractivity contribution in [2.45, 2.75) is 18.9 Å². The van der Waals surface area contributed by atoms with Gasteiger partial charge in [0.05, 0.1) is 28.1 Å². The first-order valence-electron chi connectivity index (χ1n) is 8.66. The Kier molecular flexibility index (Phi) is 5.16. The van der Waals surface area contributed by atoms with Crippen LogP contribution < -0.4 is 5.32 Å². The fraction of sp³-hybridized carbons (Fsp3) is 0.333. The van der Waals surface area contributed by atoms with Crippen LogP contribution in [0.1, 0.15) is 27.8 Å². The van der Waals surface area contributed by atoms with E-state index >= 15 is 0 Å². The molecule has 1 atom stereocenters. The number of carbonyl (C=O) groups excluding carboxylic acids is 1. The molecule has 0 bridgehead atoms.